The molecular formula is C16H15ClF3N2O+. The Morgan fingerprint density at radius 2 is 1.91 bits per heavy atom. The molecule has 3 nitrogen and oxygen atoms in total. The van der Waals surface area contributed by atoms with Crippen molar-refractivity contribution in [1.82, 2.24) is 0 Å². The molecule has 23 heavy (non-hydrogen) atoms. The summed E-state index contributed by atoms with van der Waals surface area (Å²) in [5.74, 6) is -2.34. The first-order valence-electron chi connectivity index (χ1n) is 6.86. The predicted molar refractivity (Wildman–Crippen MR) is 81.9 cm³/mol. The number of benzene rings is 2. The second-order valence-electron chi connectivity index (χ2n) is 5.18. The molecule has 0 aliphatic carbocycles. The number of amides is 1. The molecule has 0 saturated heterocycles. The van der Waals surface area contributed by atoms with Crippen molar-refractivity contribution >= 4 is 23.2 Å². The van der Waals surface area contributed by atoms with Crippen LogP contribution in [0.5, 0.6) is 0 Å². The highest BCUT2D eigenvalue weighted by Crippen LogP contribution is 2.17. The number of carbonyl (C=O) groups excluding carboxylic acids is 1. The van der Waals surface area contributed by atoms with E-state index in [4.69, 9.17) is 11.6 Å². The summed E-state index contributed by atoms with van der Waals surface area (Å²) in [6, 6.07) is 7.14. The third-order valence-corrected chi connectivity index (χ3v) is 3.56. The van der Waals surface area contributed by atoms with Crippen LogP contribution in [0.25, 0.3) is 0 Å². The maximum Gasteiger partial charge on any atom is 0.279 e. The van der Waals surface area contributed by atoms with E-state index in [1.807, 2.05) is 0 Å². The monoisotopic (exact) mass is 343 g/mol. The van der Waals surface area contributed by atoms with Gasteiger partial charge in [0.2, 0.25) is 0 Å². The Hall–Kier alpha value is -2.05. The van der Waals surface area contributed by atoms with Gasteiger partial charge in [0.1, 0.15) is 24.0 Å². The molecule has 0 aliphatic heterocycles. The first-order valence-corrected chi connectivity index (χ1v) is 7.23. The number of hydrogen-bond donors (Lipinski definition) is 2. The van der Waals surface area contributed by atoms with Crippen molar-refractivity contribution in [3.63, 3.8) is 0 Å². The fourth-order valence-electron chi connectivity index (χ4n) is 2.13. The summed E-state index contributed by atoms with van der Waals surface area (Å²) < 4.78 is 40.2. The molecule has 0 fully saturated rings. The van der Waals surface area contributed by atoms with Crippen LogP contribution in [0.2, 0.25) is 5.02 Å². The molecule has 1 amide bonds. The zero-order valence-electron chi connectivity index (χ0n) is 12.3. The molecule has 7 heteroatoms. The molecule has 0 bridgehead atoms. The van der Waals surface area contributed by atoms with Crippen LogP contribution < -0.4 is 10.2 Å². The van der Waals surface area contributed by atoms with E-state index in [-0.39, 0.29) is 23.8 Å². The third kappa shape index (κ3) is 4.71. The molecule has 2 N–H and O–H groups in total. The van der Waals surface area contributed by atoms with Crippen molar-refractivity contribution in [1.29, 1.82) is 0 Å². The topological polar surface area (TPSA) is 33.5 Å². The van der Waals surface area contributed by atoms with Crippen LogP contribution in [0, 0.1) is 17.5 Å². The van der Waals surface area contributed by atoms with Gasteiger partial charge in [0.15, 0.2) is 6.54 Å². The smallest absolute Gasteiger partial charge is 0.279 e. The lowest BCUT2D eigenvalue weighted by atomic mass is 10.2. The standard InChI is InChI=1S/C16H14ClF3N2O/c1-22(8-11-12(17)3-2-4-13(11)19)9-16(23)21-15-7-10(18)5-6-14(15)20/h2-7H,8-9H2,1H3,(H,21,23)/p+1. The van der Waals surface area contributed by atoms with E-state index in [1.54, 1.807) is 13.1 Å². The summed E-state index contributed by atoms with van der Waals surface area (Å²) in [7, 11) is 1.67. The number of halogens is 4. The van der Waals surface area contributed by atoms with E-state index in [1.165, 1.54) is 12.1 Å². The van der Waals surface area contributed by atoms with Crippen molar-refractivity contribution in [3.05, 3.63) is 64.4 Å². The van der Waals surface area contributed by atoms with Crippen LogP contribution in [-0.4, -0.2) is 19.5 Å². The van der Waals surface area contributed by atoms with Crippen LogP contribution in [0.15, 0.2) is 36.4 Å². The van der Waals surface area contributed by atoms with Crippen LogP contribution in [0.4, 0.5) is 18.9 Å². The number of hydrogen-bond acceptors (Lipinski definition) is 1. The third-order valence-electron chi connectivity index (χ3n) is 3.21. The number of carbonyl (C=O) groups is 1. The average molecular weight is 344 g/mol. The molecule has 2 aromatic rings. The fourth-order valence-corrected chi connectivity index (χ4v) is 2.36. The van der Waals surface area contributed by atoms with Crippen molar-refractivity contribution in [2.45, 2.75) is 6.54 Å². The summed E-state index contributed by atoms with van der Waals surface area (Å²) >= 11 is 5.93. The quantitative estimate of drug-likeness (QED) is 0.859. The molecule has 0 radical (unpaired) electrons. The highest BCUT2D eigenvalue weighted by molar-refractivity contribution is 6.31. The van der Waals surface area contributed by atoms with Gasteiger partial charge in [-0.1, -0.05) is 17.7 Å². The van der Waals surface area contributed by atoms with Crippen molar-refractivity contribution in [2.24, 2.45) is 0 Å². The Morgan fingerprint density at radius 3 is 2.61 bits per heavy atom. The van der Waals surface area contributed by atoms with Gasteiger partial charge in [-0.3, -0.25) is 4.79 Å². The lowest BCUT2D eigenvalue weighted by Crippen LogP contribution is -3.08. The van der Waals surface area contributed by atoms with E-state index in [2.05, 4.69) is 5.32 Å². The normalized spacial score (nSPS) is 12.0. The molecule has 0 spiro atoms. The Bertz CT molecular complexity index is 704. The first kappa shape index (κ1) is 17.3. The van der Waals surface area contributed by atoms with Gasteiger partial charge in [-0.05, 0) is 24.3 Å². The molecule has 1 unspecified atom stereocenters. The van der Waals surface area contributed by atoms with Crippen LogP contribution >= 0.6 is 11.6 Å². The summed E-state index contributed by atoms with van der Waals surface area (Å²) in [6.07, 6.45) is 0. The van der Waals surface area contributed by atoms with Gasteiger partial charge in [-0.25, -0.2) is 13.2 Å². The molecule has 2 aromatic carbocycles. The van der Waals surface area contributed by atoms with E-state index < -0.39 is 23.4 Å². The predicted octanol–water partition coefficient (Wildman–Crippen LogP) is 2.41. The highest BCUT2D eigenvalue weighted by Gasteiger charge is 2.16. The van der Waals surface area contributed by atoms with Crippen LogP contribution in [-0.2, 0) is 11.3 Å². The number of rotatable bonds is 5. The van der Waals surface area contributed by atoms with E-state index in [0.717, 1.165) is 18.2 Å². The Morgan fingerprint density at radius 1 is 1.17 bits per heavy atom. The minimum Gasteiger partial charge on any atom is -0.326 e. The minimum atomic E-state index is -0.727. The summed E-state index contributed by atoms with van der Waals surface area (Å²) in [5, 5.41) is 2.57. The van der Waals surface area contributed by atoms with Gasteiger partial charge in [0.25, 0.3) is 5.91 Å². The molecular weight excluding hydrogens is 329 g/mol. The fraction of sp³-hybridized carbons (Fsp3) is 0.188. The molecule has 0 aliphatic rings. The maximum atomic E-state index is 13.7. The zero-order chi connectivity index (χ0) is 17.0. The van der Waals surface area contributed by atoms with Crippen LogP contribution in [0.3, 0.4) is 0 Å². The molecule has 1 atom stereocenters. The van der Waals surface area contributed by atoms with Gasteiger partial charge in [-0.2, -0.15) is 0 Å². The minimum absolute atomic E-state index is 0.0549. The van der Waals surface area contributed by atoms with Gasteiger partial charge in [0, 0.05) is 6.07 Å². The van der Waals surface area contributed by atoms with Crippen molar-refractivity contribution in [2.75, 3.05) is 18.9 Å². The van der Waals surface area contributed by atoms with Gasteiger partial charge >= 0.3 is 0 Å². The van der Waals surface area contributed by atoms with Gasteiger partial charge in [-0.15, -0.1) is 0 Å². The highest BCUT2D eigenvalue weighted by atomic mass is 35.5. The van der Waals surface area contributed by atoms with Gasteiger partial charge < -0.3 is 10.2 Å². The molecule has 0 heterocycles. The summed E-state index contributed by atoms with van der Waals surface area (Å²) in [6.45, 7) is 0.130. The maximum absolute atomic E-state index is 13.7. The molecule has 0 aromatic heterocycles. The van der Waals surface area contributed by atoms with E-state index >= 15 is 0 Å². The number of anilines is 1. The first-order chi connectivity index (χ1) is 10.9. The number of nitrogens with one attached hydrogen (secondary N) is 2. The van der Waals surface area contributed by atoms with E-state index in [9.17, 15) is 18.0 Å². The summed E-state index contributed by atoms with van der Waals surface area (Å²) in [4.78, 5) is 12.5. The SMILES string of the molecule is C[NH+](CC(=O)Nc1cc(F)ccc1F)Cc1c(F)cccc1Cl. The second kappa shape index (κ2) is 7.48. The zero-order valence-corrected chi connectivity index (χ0v) is 13.1. The van der Waals surface area contributed by atoms with Crippen LogP contribution in [0.1, 0.15) is 5.56 Å². The Labute approximate surface area is 136 Å². The van der Waals surface area contributed by atoms with Crippen molar-refractivity contribution < 1.29 is 22.9 Å². The average Bonchev–Trinajstić information content (AvgIpc) is 2.47. The Balaban J connectivity index is 1.98. The number of quaternary nitrogens is 1. The largest absolute Gasteiger partial charge is 0.326 e. The van der Waals surface area contributed by atoms with E-state index in [0.29, 0.717) is 10.5 Å². The molecule has 2 rings (SSSR count). The lowest BCUT2D eigenvalue weighted by Gasteiger charge is -2.15. The molecule has 122 valence electrons. The molecule has 0 saturated carbocycles. The van der Waals surface area contributed by atoms with Crippen molar-refractivity contribution in [3.8, 4) is 0 Å². The number of likely N-dealkylation sites (N-methyl/N-ethyl adjacent to an activating group) is 1. The Kier molecular flexibility index (Phi) is 5.63. The van der Waals surface area contributed by atoms with Gasteiger partial charge in [0.05, 0.1) is 23.3 Å². The summed E-state index contributed by atoms with van der Waals surface area (Å²) in [5.41, 5.74) is 0.0723. The lowest BCUT2D eigenvalue weighted by molar-refractivity contribution is -0.885. The second-order valence-corrected chi connectivity index (χ2v) is 5.59.